The first kappa shape index (κ1) is 21.5. The molecule has 0 aliphatic heterocycles. The highest BCUT2D eigenvalue weighted by molar-refractivity contribution is 14.1. The SMILES string of the molecule is Cn1c(Nc2ccccc2)ncc(-c2ccc(Oc3ccnc4cc(I)sc34)c(F)c2)c1=O. The maximum Gasteiger partial charge on any atom is 0.262 e. The zero-order chi connectivity index (χ0) is 22.9. The van der Waals surface area contributed by atoms with E-state index in [0.29, 0.717) is 22.8 Å². The van der Waals surface area contributed by atoms with Crippen molar-refractivity contribution in [2.45, 2.75) is 0 Å². The van der Waals surface area contributed by atoms with Crippen LogP contribution in [0.4, 0.5) is 16.0 Å². The lowest BCUT2D eigenvalue weighted by Gasteiger charge is -2.12. The van der Waals surface area contributed by atoms with Crippen molar-refractivity contribution in [2.24, 2.45) is 7.05 Å². The van der Waals surface area contributed by atoms with E-state index in [0.717, 1.165) is 18.8 Å². The number of nitrogens with one attached hydrogen (secondary N) is 1. The minimum atomic E-state index is -0.572. The molecule has 0 bridgehead atoms. The van der Waals surface area contributed by atoms with Gasteiger partial charge in [0.25, 0.3) is 5.56 Å². The van der Waals surface area contributed by atoms with E-state index in [1.165, 1.54) is 34.2 Å². The van der Waals surface area contributed by atoms with Crippen molar-refractivity contribution >= 4 is 55.8 Å². The number of halogens is 2. The van der Waals surface area contributed by atoms with Gasteiger partial charge in [-0.1, -0.05) is 24.3 Å². The van der Waals surface area contributed by atoms with Gasteiger partial charge in [0.1, 0.15) is 5.75 Å². The fourth-order valence-corrected chi connectivity index (χ4v) is 5.09. The average Bonchev–Trinajstić information content (AvgIpc) is 3.20. The zero-order valence-electron chi connectivity index (χ0n) is 17.3. The Morgan fingerprint density at radius 1 is 1.06 bits per heavy atom. The van der Waals surface area contributed by atoms with Gasteiger partial charge in [-0.05, 0) is 58.5 Å². The Labute approximate surface area is 205 Å². The molecule has 3 heterocycles. The highest BCUT2D eigenvalue weighted by atomic mass is 127. The van der Waals surface area contributed by atoms with E-state index in [1.807, 2.05) is 36.4 Å². The molecule has 2 aromatic carbocycles. The standard InChI is InChI=1S/C24H16FIN4O2S/c1-30-23(31)16(13-28-24(30)29-15-5-3-2-4-6-15)14-7-8-19(17(25)11-14)32-20-9-10-27-18-12-21(26)33-22(18)20/h2-13H,1H3,(H,28,29). The van der Waals surface area contributed by atoms with Gasteiger partial charge >= 0.3 is 0 Å². The molecule has 0 radical (unpaired) electrons. The minimum absolute atomic E-state index is 0.0711. The molecule has 0 aliphatic rings. The molecule has 0 fully saturated rings. The van der Waals surface area contributed by atoms with Crippen LogP contribution >= 0.6 is 33.9 Å². The van der Waals surface area contributed by atoms with E-state index < -0.39 is 5.82 Å². The van der Waals surface area contributed by atoms with Crippen LogP contribution in [0.5, 0.6) is 11.5 Å². The van der Waals surface area contributed by atoms with Crippen LogP contribution in [0, 0.1) is 8.70 Å². The molecule has 164 valence electrons. The predicted molar refractivity (Wildman–Crippen MR) is 137 cm³/mol. The number of para-hydroxylation sites is 1. The normalized spacial score (nSPS) is 11.0. The Kier molecular flexibility index (Phi) is 5.81. The molecule has 9 heteroatoms. The van der Waals surface area contributed by atoms with Crippen LogP contribution in [0.1, 0.15) is 0 Å². The summed E-state index contributed by atoms with van der Waals surface area (Å²) in [5, 5.41) is 3.11. The molecule has 1 N–H and O–H groups in total. The largest absolute Gasteiger partial charge is 0.453 e. The second kappa shape index (κ2) is 8.91. The molecule has 33 heavy (non-hydrogen) atoms. The molecule has 3 aromatic heterocycles. The number of rotatable bonds is 5. The maximum atomic E-state index is 14.9. The Morgan fingerprint density at radius 2 is 1.88 bits per heavy atom. The fourth-order valence-electron chi connectivity index (χ4n) is 3.34. The lowest BCUT2D eigenvalue weighted by molar-refractivity contribution is 0.447. The third kappa shape index (κ3) is 4.33. The van der Waals surface area contributed by atoms with Gasteiger partial charge in [-0.15, -0.1) is 11.3 Å². The third-order valence-corrected chi connectivity index (χ3v) is 6.91. The highest BCUT2D eigenvalue weighted by Gasteiger charge is 2.15. The van der Waals surface area contributed by atoms with Crippen molar-refractivity contribution in [3.63, 3.8) is 0 Å². The smallest absolute Gasteiger partial charge is 0.262 e. The van der Waals surface area contributed by atoms with E-state index >= 15 is 0 Å². The number of benzene rings is 2. The number of anilines is 2. The van der Waals surface area contributed by atoms with E-state index in [4.69, 9.17) is 4.74 Å². The average molecular weight is 570 g/mol. The van der Waals surface area contributed by atoms with Crippen molar-refractivity contribution in [2.75, 3.05) is 5.32 Å². The molecule has 0 spiro atoms. The summed E-state index contributed by atoms with van der Waals surface area (Å²) in [6.45, 7) is 0. The summed E-state index contributed by atoms with van der Waals surface area (Å²) < 4.78 is 24.1. The van der Waals surface area contributed by atoms with Gasteiger partial charge in [0.15, 0.2) is 11.6 Å². The number of pyridine rings is 1. The Balaban J connectivity index is 1.44. The molecular formula is C24H16FIN4O2S. The summed E-state index contributed by atoms with van der Waals surface area (Å²) in [6, 6.07) is 17.5. The third-order valence-electron chi connectivity index (χ3n) is 5.01. The quantitative estimate of drug-likeness (QED) is 0.250. The van der Waals surface area contributed by atoms with Gasteiger partial charge in [-0.25, -0.2) is 9.37 Å². The van der Waals surface area contributed by atoms with Crippen LogP contribution in [0.25, 0.3) is 21.3 Å². The van der Waals surface area contributed by atoms with E-state index in [2.05, 4.69) is 37.9 Å². The van der Waals surface area contributed by atoms with Crippen LogP contribution in [-0.4, -0.2) is 14.5 Å². The van der Waals surface area contributed by atoms with Crippen molar-refractivity contribution in [1.29, 1.82) is 0 Å². The van der Waals surface area contributed by atoms with E-state index in [9.17, 15) is 9.18 Å². The zero-order valence-corrected chi connectivity index (χ0v) is 20.2. The Morgan fingerprint density at radius 3 is 2.67 bits per heavy atom. The molecule has 0 amide bonds. The van der Waals surface area contributed by atoms with Crippen molar-refractivity contribution in [3.05, 3.63) is 92.1 Å². The lowest BCUT2D eigenvalue weighted by Crippen LogP contribution is -2.22. The molecule has 5 rings (SSSR count). The molecule has 0 unspecified atom stereocenters. The molecule has 0 saturated heterocycles. The molecule has 5 aromatic rings. The number of thiophene rings is 1. The molecule has 0 saturated carbocycles. The maximum absolute atomic E-state index is 14.9. The van der Waals surface area contributed by atoms with E-state index in [1.54, 1.807) is 25.4 Å². The number of hydrogen-bond acceptors (Lipinski definition) is 6. The number of nitrogens with zero attached hydrogens (tertiary/aromatic N) is 3. The van der Waals surface area contributed by atoms with Gasteiger partial charge in [0.2, 0.25) is 5.95 Å². The molecule has 0 aliphatic carbocycles. The van der Waals surface area contributed by atoms with Gasteiger partial charge in [0.05, 0.1) is 18.7 Å². The first-order valence-electron chi connectivity index (χ1n) is 9.89. The molecule has 0 atom stereocenters. The summed E-state index contributed by atoms with van der Waals surface area (Å²) in [7, 11) is 1.62. The first-order valence-corrected chi connectivity index (χ1v) is 11.8. The second-order valence-corrected chi connectivity index (χ2v) is 10.1. The van der Waals surface area contributed by atoms with Crippen LogP contribution in [0.3, 0.4) is 0 Å². The molecule has 6 nitrogen and oxygen atoms in total. The lowest BCUT2D eigenvalue weighted by atomic mass is 10.1. The monoisotopic (exact) mass is 570 g/mol. The Bertz CT molecular complexity index is 1540. The summed E-state index contributed by atoms with van der Waals surface area (Å²) in [5.74, 6) is 0.426. The van der Waals surface area contributed by atoms with Crippen LogP contribution in [0.2, 0.25) is 0 Å². The minimum Gasteiger partial charge on any atom is -0.453 e. The second-order valence-electron chi connectivity index (χ2n) is 7.17. The number of hydrogen-bond donors (Lipinski definition) is 1. The number of aromatic nitrogens is 3. The van der Waals surface area contributed by atoms with Crippen LogP contribution in [-0.2, 0) is 7.05 Å². The van der Waals surface area contributed by atoms with Crippen LogP contribution < -0.4 is 15.6 Å². The molecular weight excluding hydrogens is 554 g/mol. The van der Waals surface area contributed by atoms with E-state index in [-0.39, 0.29) is 11.3 Å². The van der Waals surface area contributed by atoms with Crippen LogP contribution in [0.15, 0.2) is 77.9 Å². The fraction of sp³-hybridized carbons (Fsp3) is 0.0417. The van der Waals surface area contributed by atoms with Gasteiger partial charge in [-0.3, -0.25) is 14.3 Å². The highest BCUT2D eigenvalue weighted by Crippen LogP contribution is 2.36. The number of fused-ring (bicyclic) bond motifs is 1. The Hall–Kier alpha value is -3.31. The van der Waals surface area contributed by atoms with Crippen molar-refractivity contribution < 1.29 is 9.13 Å². The van der Waals surface area contributed by atoms with Gasteiger partial charge in [0, 0.05) is 31.2 Å². The topological polar surface area (TPSA) is 69.0 Å². The summed E-state index contributed by atoms with van der Waals surface area (Å²) in [6.07, 6.45) is 3.08. The summed E-state index contributed by atoms with van der Waals surface area (Å²) in [5.41, 5.74) is 2.04. The van der Waals surface area contributed by atoms with Crippen molar-refractivity contribution in [3.8, 4) is 22.6 Å². The summed E-state index contributed by atoms with van der Waals surface area (Å²) in [4.78, 5) is 21.6. The van der Waals surface area contributed by atoms with Gasteiger partial charge in [-0.2, -0.15) is 0 Å². The van der Waals surface area contributed by atoms with Gasteiger partial charge < -0.3 is 10.1 Å². The predicted octanol–water partition coefficient (Wildman–Crippen LogP) is 6.34. The first-order chi connectivity index (χ1) is 16.0. The summed E-state index contributed by atoms with van der Waals surface area (Å²) >= 11 is 3.75. The van der Waals surface area contributed by atoms with Crippen molar-refractivity contribution in [1.82, 2.24) is 14.5 Å². The number of ether oxygens (including phenoxy) is 1.